The highest BCUT2D eigenvalue weighted by atomic mass is 14.8. The molecule has 1 aromatic rings. The number of hydrogen-bond acceptors (Lipinski definition) is 1. The summed E-state index contributed by atoms with van der Waals surface area (Å²) in [6.07, 6.45) is 2.39. The van der Waals surface area contributed by atoms with Crippen LogP contribution in [-0.4, -0.2) is 13.1 Å². The maximum atomic E-state index is 3.42. The van der Waals surface area contributed by atoms with Crippen LogP contribution in [0.4, 0.5) is 0 Å². The van der Waals surface area contributed by atoms with E-state index < -0.39 is 0 Å². The fourth-order valence-electron chi connectivity index (χ4n) is 1.92. The van der Waals surface area contributed by atoms with Gasteiger partial charge in [-0.2, -0.15) is 0 Å². The third kappa shape index (κ3) is 1.37. The van der Waals surface area contributed by atoms with E-state index in [1.54, 1.807) is 11.1 Å². The first-order chi connectivity index (χ1) is 5.88. The molecular formula is C11H15N. The molecule has 1 nitrogen and oxygen atoms in total. The van der Waals surface area contributed by atoms with Crippen LogP contribution >= 0.6 is 0 Å². The minimum Gasteiger partial charge on any atom is -0.316 e. The fraction of sp³-hybridized carbons (Fsp3) is 0.455. The Bertz CT molecular complexity index is 278. The Morgan fingerprint density at radius 3 is 2.92 bits per heavy atom. The highest BCUT2D eigenvalue weighted by molar-refractivity contribution is 5.35. The fourth-order valence-corrected chi connectivity index (χ4v) is 1.92. The van der Waals surface area contributed by atoms with E-state index >= 15 is 0 Å². The molecule has 1 heterocycles. The summed E-state index contributed by atoms with van der Waals surface area (Å²) in [7, 11) is 0. The molecule has 0 fully saturated rings. The number of fused-ring (bicyclic) bond motifs is 1. The van der Waals surface area contributed by atoms with E-state index in [0.717, 1.165) is 13.1 Å². The molecule has 1 heteroatoms. The van der Waals surface area contributed by atoms with E-state index in [1.807, 2.05) is 0 Å². The van der Waals surface area contributed by atoms with Crippen molar-refractivity contribution in [3.8, 4) is 0 Å². The molecule has 0 radical (unpaired) electrons. The Hall–Kier alpha value is -0.820. The Labute approximate surface area is 73.8 Å². The van der Waals surface area contributed by atoms with Crippen LogP contribution in [0.3, 0.4) is 0 Å². The van der Waals surface area contributed by atoms with Gasteiger partial charge in [-0.25, -0.2) is 0 Å². The second-order valence-corrected chi connectivity index (χ2v) is 3.46. The molecule has 1 N–H and O–H groups in total. The van der Waals surface area contributed by atoms with E-state index in [0.29, 0.717) is 0 Å². The molecule has 1 aromatic carbocycles. The van der Waals surface area contributed by atoms with Gasteiger partial charge in [0.1, 0.15) is 0 Å². The van der Waals surface area contributed by atoms with Crippen LogP contribution in [0.2, 0.25) is 0 Å². The lowest BCUT2D eigenvalue weighted by atomic mass is 9.98. The molecule has 0 saturated carbocycles. The van der Waals surface area contributed by atoms with Gasteiger partial charge in [-0.15, -0.1) is 0 Å². The second-order valence-electron chi connectivity index (χ2n) is 3.46. The maximum Gasteiger partial charge on any atom is -0.000802 e. The van der Waals surface area contributed by atoms with Crippen molar-refractivity contribution in [3.63, 3.8) is 0 Å². The van der Waals surface area contributed by atoms with Gasteiger partial charge in [-0.3, -0.25) is 0 Å². The predicted octanol–water partition coefficient (Wildman–Crippen LogP) is 1.68. The third-order valence-electron chi connectivity index (χ3n) is 2.63. The summed E-state index contributed by atoms with van der Waals surface area (Å²) < 4.78 is 0. The zero-order chi connectivity index (χ0) is 8.39. The van der Waals surface area contributed by atoms with Gasteiger partial charge < -0.3 is 5.32 Å². The molecule has 2 rings (SSSR count). The van der Waals surface area contributed by atoms with Gasteiger partial charge in [-0.1, -0.05) is 18.2 Å². The van der Waals surface area contributed by atoms with Gasteiger partial charge in [-0.05, 0) is 49.5 Å². The molecule has 0 aromatic heterocycles. The van der Waals surface area contributed by atoms with Crippen LogP contribution in [0.1, 0.15) is 16.7 Å². The van der Waals surface area contributed by atoms with Crippen molar-refractivity contribution in [1.82, 2.24) is 5.32 Å². The van der Waals surface area contributed by atoms with E-state index in [1.165, 1.54) is 18.4 Å². The summed E-state index contributed by atoms with van der Waals surface area (Å²) in [5.74, 6) is 0. The number of rotatable bonds is 0. The molecule has 0 amide bonds. The minimum absolute atomic E-state index is 1.14. The van der Waals surface area contributed by atoms with E-state index in [9.17, 15) is 0 Å². The molecular weight excluding hydrogens is 146 g/mol. The zero-order valence-corrected chi connectivity index (χ0v) is 7.56. The summed E-state index contributed by atoms with van der Waals surface area (Å²) in [5.41, 5.74) is 4.57. The second kappa shape index (κ2) is 3.28. The molecule has 0 unspecified atom stereocenters. The summed E-state index contributed by atoms with van der Waals surface area (Å²) >= 11 is 0. The predicted molar refractivity (Wildman–Crippen MR) is 51.5 cm³/mol. The first-order valence-electron chi connectivity index (χ1n) is 4.66. The number of nitrogens with one attached hydrogen (secondary N) is 1. The largest absolute Gasteiger partial charge is 0.316 e. The van der Waals surface area contributed by atoms with Crippen LogP contribution in [0, 0.1) is 6.92 Å². The Morgan fingerprint density at radius 2 is 2.00 bits per heavy atom. The summed E-state index contributed by atoms with van der Waals surface area (Å²) in [5, 5.41) is 3.42. The average molecular weight is 161 g/mol. The maximum absolute atomic E-state index is 3.42. The van der Waals surface area contributed by atoms with Crippen molar-refractivity contribution in [2.24, 2.45) is 0 Å². The third-order valence-corrected chi connectivity index (χ3v) is 2.63. The molecule has 0 spiro atoms. The minimum atomic E-state index is 1.14. The summed E-state index contributed by atoms with van der Waals surface area (Å²) in [6.45, 7) is 4.48. The van der Waals surface area contributed by atoms with Crippen molar-refractivity contribution in [2.45, 2.75) is 19.8 Å². The molecule has 64 valence electrons. The van der Waals surface area contributed by atoms with Gasteiger partial charge in [0.2, 0.25) is 0 Å². The van der Waals surface area contributed by atoms with Crippen LogP contribution in [0.25, 0.3) is 0 Å². The lowest BCUT2D eigenvalue weighted by Gasteiger charge is -2.07. The van der Waals surface area contributed by atoms with Crippen molar-refractivity contribution in [1.29, 1.82) is 0 Å². The van der Waals surface area contributed by atoms with Crippen molar-refractivity contribution < 1.29 is 0 Å². The monoisotopic (exact) mass is 161 g/mol. The lowest BCUT2D eigenvalue weighted by Crippen LogP contribution is -2.16. The standard InChI is InChI=1S/C11H15N/c1-9-3-2-4-10-5-7-12-8-6-11(9)10/h2-4,12H,5-8H2,1H3. The number of benzene rings is 1. The number of aryl methyl sites for hydroxylation is 1. The zero-order valence-electron chi connectivity index (χ0n) is 7.56. The quantitative estimate of drug-likeness (QED) is 0.610. The van der Waals surface area contributed by atoms with E-state index in [2.05, 4.69) is 30.4 Å². The molecule has 0 aliphatic carbocycles. The Kier molecular flexibility index (Phi) is 2.13. The van der Waals surface area contributed by atoms with Crippen molar-refractivity contribution in [2.75, 3.05) is 13.1 Å². The van der Waals surface area contributed by atoms with Crippen LogP contribution in [-0.2, 0) is 12.8 Å². The van der Waals surface area contributed by atoms with E-state index in [4.69, 9.17) is 0 Å². The van der Waals surface area contributed by atoms with Gasteiger partial charge in [0.05, 0.1) is 0 Å². The number of hydrogen-bond donors (Lipinski definition) is 1. The summed E-state index contributed by atoms with van der Waals surface area (Å²) in [4.78, 5) is 0. The molecule has 1 aliphatic heterocycles. The molecule has 0 bridgehead atoms. The van der Waals surface area contributed by atoms with Crippen molar-refractivity contribution >= 4 is 0 Å². The van der Waals surface area contributed by atoms with Crippen LogP contribution in [0.5, 0.6) is 0 Å². The highest BCUT2D eigenvalue weighted by Crippen LogP contribution is 2.16. The Balaban J connectivity index is 2.42. The van der Waals surface area contributed by atoms with Crippen LogP contribution < -0.4 is 5.32 Å². The van der Waals surface area contributed by atoms with Gasteiger partial charge in [0.15, 0.2) is 0 Å². The molecule has 12 heavy (non-hydrogen) atoms. The van der Waals surface area contributed by atoms with Gasteiger partial charge >= 0.3 is 0 Å². The van der Waals surface area contributed by atoms with Crippen molar-refractivity contribution in [3.05, 3.63) is 34.9 Å². The SMILES string of the molecule is Cc1cccc2c1CCNCC2. The average Bonchev–Trinajstić information content (AvgIpc) is 2.30. The first kappa shape index (κ1) is 7.81. The summed E-state index contributed by atoms with van der Waals surface area (Å²) in [6, 6.07) is 6.64. The normalized spacial score (nSPS) is 16.8. The van der Waals surface area contributed by atoms with Crippen LogP contribution in [0.15, 0.2) is 18.2 Å². The molecule has 1 aliphatic rings. The Morgan fingerprint density at radius 1 is 1.17 bits per heavy atom. The smallest absolute Gasteiger partial charge is 0.000802 e. The topological polar surface area (TPSA) is 12.0 Å². The lowest BCUT2D eigenvalue weighted by molar-refractivity contribution is 0.710. The molecule has 0 saturated heterocycles. The van der Waals surface area contributed by atoms with Gasteiger partial charge in [0, 0.05) is 0 Å². The van der Waals surface area contributed by atoms with E-state index in [-0.39, 0.29) is 0 Å². The highest BCUT2D eigenvalue weighted by Gasteiger charge is 2.07. The molecule has 0 atom stereocenters. The first-order valence-corrected chi connectivity index (χ1v) is 4.66. The van der Waals surface area contributed by atoms with Gasteiger partial charge in [0.25, 0.3) is 0 Å².